The van der Waals surface area contributed by atoms with Crippen molar-refractivity contribution in [3.63, 3.8) is 0 Å². The van der Waals surface area contributed by atoms with Gasteiger partial charge in [0.1, 0.15) is 23.9 Å². The van der Waals surface area contributed by atoms with Crippen molar-refractivity contribution < 1.29 is 24.2 Å². The number of aromatic nitrogens is 2. The minimum Gasteiger partial charge on any atom is -0.508 e. The van der Waals surface area contributed by atoms with Crippen LogP contribution in [0.25, 0.3) is 11.1 Å². The van der Waals surface area contributed by atoms with Crippen molar-refractivity contribution in [3.05, 3.63) is 101 Å². The highest BCUT2D eigenvalue weighted by Crippen LogP contribution is 2.44. The van der Waals surface area contributed by atoms with E-state index in [4.69, 9.17) is 9.72 Å². The van der Waals surface area contributed by atoms with Crippen LogP contribution in [-0.4, -0.2) is 39.6 Å². The number of amides is 1. The third-order valence-electron chi connectivity index (χ3n) is 7.69. The molecule has 0 bridgehead atoms. The number of benzene rings is 2. The van der Waals surface area contributed by atoms with E-state index >= 15 is 0 Å². The fourth-order valence-electron chi connectivity index (χ4n) is 5.58. The Balaban J connectivity index is 1.19. The van der Waals surface area contributed by atoms with Crippen LogP contribution in [-0.2, 0) is 28.9 Å². The average Bonchev–Trinajstić information content (AvgIpc) is 3.40. The lowest BCUT2D eigenvalue weighted by Gasteiger charge is -2.28. The zero-order valence-corrected chi connectivity index (χ0v) is 22.7. The number of rotatable bonds is 8. The van der Waals surface area contributed by atoms with E-state index in [1.807, 2.05) is 42.3 Å². The first kappa shape index (κ1) is 26.4. The number of phenolic OH excluding ortho intramolecular Hbond substituents is 1. The van der Waals surface area contributed by atoms with Crippen molar-refractivity contribution in [2.45, 2.75) is 45.1 Å². The Bertz CT molecular complexity index is 1680. The largest absolute Gasteiger partial charge is 0.508 e. The number of fused-ring (bicyclic) bond motifs is 3. The normalized spacial score (nSPS) is 15.7. The fourth-order valence-corrected chi connectivity index (χ4v) is 5.58. The van der Waals surface area contributed by atoms with E-state index in [9.17, 15) is 19.5 Å². The van der Waals surface area contributed by atoms with Crippen LogP contribution in [0.5, 0.6) is 11.5 Å². The van der Waals surface area contributed by atoms with Crippen LogP contribution in [0, 0.1) is 0 Å². The molecule has 2 aliphatic heterocycles. The Morgan fingerprint density at radius 1 is 1.07 bits per heavy atom. The Kier molecular flexibility index (Phi) is 7.05. The first-order valence-corrected chi connectivity index (χ1v) is 13.7. The number of aldehydes is 1. The molecule has 4 heterocycles. The summed E-state index contributed by atoms with van der Waals surface area (Å²) in [5, 5.41) is 10.1. The number of carbonyl (C=O) groups is 3. The Morgan fingerprint density at radius 3 is 2.71 bits per heavy atom. The maximum atomic E-state index is 12.9. The molecular weight excluding hydrogens is 518 g/mol. The quantitative estimate of drug-likeness (QED) is 0.239. The number of hydrogen-bond donors (Lipinski definition) is 1. The first-order chi connectivity index (χ1) is 19.9. The summed E-state index contributed by atoms with van der Waals surface area (Å²) in [7, 11) is 0. The fraction of sp³-hybridized carbons (Fsp3) is 0.242. The maximum absolute atomic E-state index is 12.9. The van der Waals surface area contributed by atoms with Gasteiger partial charge in [0.15, 0.2) is 5.78 Å². The Labute approximate surface area is 237 Å². The summed E-state index contributed by atoms with van der Waals surface area (Å²) < 4.78 is 6.28. The van der Waals surface area contributed by atoms with Gasteiger partial charge in [-0.15, -0.1) is 0 Å². The predicted molar refractivity (Wildman–Crippen MR) is 153 cm³/mol. The zero-order chi connectivity index (χ0) is 28.5. The molecule has 1 N–H and O–H groups in total. The molecule has 41 heavy (non-hydrogen) atoms. The van der Waals surface area contributed by atoms with E-state index in [0.717, 1.165) is 57.9 Å². The number of pyridine rings is 2. The molecule has 8 heteroatoms. The molecular formula is C33H29N3O5. The van der Waals surface area contributed by atoms with Gasteiger partial charge in [0.25, 0.3) is 0 Å². The van der Waals surface area contributed by atoms with E-state index in [2.05, 4.69) is 11.1 Å². The molecule has 2 aromatic carbocycles. The number of phenols is 1. The zero-order valence-electron chi connectivity index (χ0n) is 22.7. The molecule has 8 nitrogen and oxygen atoms in total. The molecule has 6 rings (SSSR count). The van der Waals surface area contributed by atoms with Crippen LogP contribution in [0.1, 0.15) is 64.2 Å². The summed E-state index contributed by atoms with van der Waals surface area (Å²) in [6.45, 7) is 2.74. The molecule has 0 saturated carbocycles. The number of ketones is 1. The van der Waals surface area contributed by atoms with Crippen LogP contribution in [0.3, 0.4) is 0 Å². The standard InChI is InChI=1S/C33H29N3O5/c1-20-28-15-25(35-19-29(28)27-7-6-26(16-32(27)41-20)36-9-2-3-33(36)40)12-21-11-22(18-34-17-21)13-30(38)24-5-4-23(8-10-37)31(39)14-24/h4-7,10-11,14-20,39H,2-3,8-9,12-13H2,1H3. The van der Waals surface area contributed by atoms with Crippen molar-refractivity contribution in [1.29, 1.82) is 0 Å². The van der Waals surface area contributed by atoms with Gasteiger partial charge in [-0.25, -0.2) is 0 Å². The van der Waals surface area contributed by atoms with Gasteiger partial charge in [0, 0.05) is 96.1 Å². The van der Waals surface area contributed by atoms with Crippen LogP contribution in [0.4, 0.5) is 5.69 Å². The van der Waals surface area contributed by atoms with Gasteiger partial charge in [-0.1, -0.05) is 18.2 Å². The highest BCUT2D eigenvalue weighted by molar-refractivity contribution is 5.98. The number of aromatic hydroxyl groups is 1. The molecule has 2 aliphatic rings. The molecule has 4 aromatic rings. The third kappa shape index (κ3) is 5.33. The molecule has 1 unspecified atom stereocenters. The molecule has 0 spiro atoms. The highest BCUT2D eigenvalue weighted by atomic mass is 16.5. The van der Waals surface area contributed by atoms with Crippen molar-refractivity contribution >= 4 is 23.7 Å². The minimum absolute atomic E-state index is 0.0590. The van der Waals surface area contributed by atoms with Gasteiger partial charge >= 0.3 is 0 Å². The summed E-state index contributed by atoms with van der Waals surface area (Å²) in [4.78, 5) is 46.7. The number of ether oxygens (including phenoxy) is 1. The van der Waals surface area contributed by atoms with E-state index in [-0.39, 0.29) is 36.4 Å². The van der Waals surface area contributed by atoms with E-state index in [1.54, 1.807) is 24.5 Å². The smallest absolute Gasteiger partial charge is 0.227 e. The summed E-state index contributed by atoms with van der Waals surface area (Å²) in [5.41, 5.74) is 7.31. The second-order valence-corrected chi connectivity index (χ2v) is 10.5. The van der Waals surface area contributed by atoms with Gasteiger partial charge in [0.05, 0.1) is 0 Å². The van der Waals surface area contributed by atoms with Gasteiger partial charge in [-0.3, -0.25) is 19.6 Å². The van der Waals surface area contributed by atoms with Gasteiger partial charge in [-0.05, 0) is 48.7 Å². The lowest BCUT2D eigenvalue weighted by Crippen LogP contribution is -2.24. The van der Waals surface area contributed by atoms with Crippen LogP contribution < -0.4 is 9.64 Å². The number of anilines is 1. The molecule has 206 valence electrons. The number of hydrogen-bond acceptors (Lipinski definition) is 7. The monoisotopic (exact) mass is 547 g/mol. The maximum Gasteiger partial charge on any atom is 0.227 e. The van der Waals surface area contributed by atoms with Crippen molar-refractivity contribution in [2.24, 2.45) is 0 Å². The summed E-state index contributed by atoms with van der Waals surface area (Å²) >= 11 is 0. The number of nitrogens with zero attached hydrogens (tertiary/aromatic N) is 3. The summed E-state index contributed by atoms with van der Waals surface area (Å²) in [6.07, 6.45) is 8.08. The number of Topliss-reactive ketones (excluding diaryl/α,β-unsaturated/α-hetero) is 1. The van der Waals surface area contributed by atoms with Gasteiger partial charge in [0.2, 0.25) is 5.91 Å². The van der Waals surface area contributed by atoms with Gasteiger partial charge < -0.3 is 19.5 Å². The molecule has 1 fully saturated rings. The summed E-state index contributed by atoms with van der Waals surface area (Å²) in [6, 6.07) is 14.6. The molecule has 0 aliphatic carbocycles. The Hall–Kier alpha value is -4.85. The van der Waals surface area contributed by atoms with Crippen molar-refractivity contribution in [1.82, 2.24) is 9.97 Å². The lowest BCUT2D eigenvalue weighted by molar-refractivity contribution is -0.117. The van der Waals surface area contributed by atoms with E-state index < -0.39 is 0 Å². The topological polar surface area (TPSA) is 110 Å². The summed E-state index contributed by atoms with van der Waals surface area (Å²) in [5.74, 6) is 0.694. The molecule has 1 atom stereocenters. The van der Waals surface area contributed by atoms with E-state index in [1.165, 1.54) is 6.07 Å². The second-order valence-electron chi connectivity index (χ2n) is 10.5. The number of carbonyl (C=O) groups excluding carboxylic acids is 3. The lowest BCUT2D eigenvalue weighted by atomic mass is 9.93. The molecule has 2 aromatic heterocycles. The first-order valence-electron chi connectivity index (χ1n) is 13.7. The minimum atomic E-state index is -0.180. The van der Waals surface area contributed by atoms with Gasteiger partial charge in [-0.2, -0.15) is 0 Å². The molecule has 1 amide bonds. The SMILES string of the molecule is CC1Oc2cc(N3CCCC3=O)ccc2-c2cnc(Cc3cncc(CC(=O)c4ccc(CC=O)c(O)c4)c3)cc21. The third-order valence-corrected chi connectivity index (χ3v) is 7.69. The second kappa shape index (κ2) is 11.0. The average molecular weight is 548 g/mol. The molecule has 1 saturated heterocycles. The van der Waals surface area contributed by atoms with E-state index in [0.29, 0.717) is 30.3 Å². The highest BCUT2D eigenvalue weighted by Gasteiger charge is 2.27. The van der Waals surface area contributed by atoms with Crippen LogP contribution in [0.15, 0.2) is 67.1 Å². The van der Waals surface area contributed by atoms with Crippen LogP contribution in [0.2, 0.25) is 0 Å². The van der Waals surface area contributed by atoms with Crippen molar-refractivity contribution in [2.75, 3.05) is 11.4 Å². The Morgan fingerprint density at radius 2 is 1.93 bits per heavy atom. The predicted octanol–water partition coefficient (Wildman–Crippen LogP) is 5.19. The van der Waals surface area contributed by atoms with Crippen molar-refractivity contribution in [3.8, 4) is 22.6 Å². The van der Waals surface area contributed by atoms with Crippen LogP contribution >= 0.6 is 0 Å². The molecule has 0 radical (unpaired) electrons.